The summed E-state index contributed by atoms with van der Waals surface area (Å²) in [6.07, 6.45) is 1.52. The lowest BCUT2D eigenvalue weighted by atomic mass is 10.1. The van der Waals surface area contributed by atoms with Gasteiger partial charge in [0.05, 0.1) is 9.37 Å². The van der Waals surface area contributed by atoms with Crippen molar-refractivity contribution in [2.75, 3.05) is 4.72 Å². The summed E-state index contributed by atoms with van der Waals surface area (Å²) in [6, 6.07) is 8.56. The topological polar surface area (TPSA) is 85.1 Å². The molecule has 1 aromatic heterocycles. The molecule has 5 nitrogen and oxygen atoms in total. The van der Waals surface area contributed by atoms with Crippen molar-refractivity contribution in [1.29, 1.82) is 0 Å². The average molecular weight is 356 g/mol. The number of hydrogen-bond acceptors (Lipinski definition) is 4. The van der Waals surface area contributed by atoms with Crippen LogP contribution in [0.1, 0.15) is 11.1 Å². The van der Waals surface area contributed by atoms with E-state index in [1.807, 2.05) is 6.07 Å². The van der Waals surface area contributed by atoms with E-state index in [9.17, 15) is 8.42 Å². The third-order valence-electron chi connectivity index (χ3n) is 2.77. The van der Waals surface area contributed by atoms with Crippen molar-refractivity contribution < 1.29 is 8.42 Å². The molecule has 0 radical (unpaired) electrons. The fraction of sp³-hybridized carbons (Fsp3) is 0.154. The maximum Gasteiger partial charge on any atom is 0.263 e. The molecule has 0 atom stereocenters. The summed E-state index contributed by atoms with van der Waals surface area (Å²) >= 11 is 3.26. The Morgan fingerprint density at radius 1 is 1.35 bits per heavy atom. The van der Waals surface area contributed by atoms with Crippen LogP contribution in [0, 0.1) is 6.92 Å². The monoisotopic (exact) mass is 355 g/mol. The number of nitrogens with one attached hydrogen (secondary N) is 1. The second-order valence-corrected chi connectivity index (χ2v) is 6.75. The molecule has 0 aliphatic carbocycles. The van der Waals surface area contributed by atoms with Gasteiger partial charge in [-0.3, -0.25) is 4.72 Å². The highest BCUT2D eigenvalue weighted by Crippen LogP contribution is 2.24. The Morgan fingerprint density at radius 3 is 2.75 bits per heavy atom. The van der Waals surface area contributed by atoms with Crippen LogP contribution in [0.25, 0.3) is 0 Å². The van der Waals surface area contributed by atoms with Gasteiger partial charge in [0.1, 0.15) is 0 Å². The first kappa shape index (κ1) is 15.0. The van der Waals surface area contributed by atoms with Crippen LogP contribution in [0.2, 0.25) is 0 Å². The van der Waals surface area contributed by atoms with E-state index in [1.165, 1.54) is 6.20 Å². The van der Waals surface area contributed by atoms with Crippen LogP contribution >= 0.6 is 15.9 Å². The normalized spacial score (nSPS) is 11.3. The molecule has 0 spiro atoms. The van der Waals surface area contributed by atoms with Gasteiger partial charge in [0.25, 0.3) is 10.0 Å². The number of anilines is 1. The number of benzene rings is 1. The van der Waals surface area contributed by atoms with Crippen LogP contribution in [0.4, 0.5) is 5.82 Å². The van der Waals surface area contributed by atoms with E-state index in [4.69, 9.17) is 5.73 Å². The van der Waals surface area contributed by atoms with Gasteiger partial charge in [0, 0.05) is 12.7 Å². The number of hydrogen-bond donors (Lipinski definition) is 2. The number of rotatable bonds is 4. The number of halogens is 1. The van der Waals surface area contributed by atoms with Gasteiger partial charge in [-0.15, -0.1) is 0 Å². The maximum absolute atomic E-state index is 12.4. The number of sulfonamides is 1. The van der Waals surface area contributed by atoms with Gasteiger partial charge >= 0.3 is 0 Å². The summed E-state index contributed by atoms with van der Waals surface area (Å²) in [5.41, 5.74) is 6.97. The minimum absolute atomic E-state index is 0.206. The molecule has 2 rings (SSSR count). The predicted octanol–water partition coefficient (Wildman–Crippen LogP) is 2.41. The fourth-order valence-corrected chi connectivity index (χ4v) is 3.51. The molecule has 1 aromatic carbocycles. The van der Waals surface area contributed by atoms with Gasteiger partial charge in [0.2, 0.25) is 0 Å². The van der Waals surface area contributed by atoms with Crippen molar-refractivity contribution in [3.05, 3.63) is 52.1 Å². The molecule has 20 heavy (non-hydrogen) atoms. The number of nitrogens with two attached hydrogens (primary N) is 1. The van der Waals surface area contributed by atoms with Crippen LogP contribution in [0.15, 0.2) is 45.9 Å². The summed E-state index contributed by atoms with van der Waals surface area (Å²) in [5, 5.41) is 0. The molecular formula is C13H14BrN3O2S. The Hall–Kier alpha value is -1.44. The number of nitrogens with zero attached hydrogens (tertiary/aromatic N) is 1. The zero-order chi connectivity index (χ0) is 14.8. The highest BCUT2D eigenvalue weighted by molar-refractivity contribution is 9.10. The lowest BCUT2D eigenvalue weighted by molar-refractivity contribution is 0.600. The van der Waals surface area contributed by atoms with Crippen molar-refractivity contribution in [3.63, 3.8) is 0 Å². The molecule has 1 heterocycles. The maximum atomic E-state index is 12.4. The first-order valence-electron chi connectivity index (χ1n) is 5.87. The molecule has 0 aliphatic rings. The van der Waals surface area contributed by atoms with E-state index in [0.29, 0.717) is 10.0 Å². The largest absolute Gasteiger partial charge is 0.326 e. The molecule has 0 bridgehead atoms. The first-order chi connectivity index (χ1) is 9.44. The van der Waals surface area contributed by atoms with E-state index in [-0.39, 0.29) is 17.3 Å². The minimum atomic E-state index is -3.70. The third-order valence-corrected chi connectivity index (χ3v) is 4.89. The Balaban J connectivity index is 2.43. The lowest BCUT2D eigenvalue weighted by Gasteiger charge is -2.11. The van der Waals surface area contributed by atoms with Gasteiger partial charge in [-0.05, 0) is 52.2 Å². The van der Waals surface area contributed by atoms with Gasteiger partial charge in [-0.2, -0.15) is 0 Å². The molecule has 0 saturated carbocycles. The Morgan fingerprint density at radius 2 is 2.10 bits per heavy atom. The molecule has 106 valence electrons. The summed E-state index contributed by atoms with van der Waals surface area (Å²) in [6.45, 7) is 2.03. The van der Waals surface area contributed by atoms with E-state index in [1.54, 1.807) is 31.2 Å². The summed E-state index contributed by atoms with van der Waals surface area (Å²) < 4.78 is 27.9. The highest BCUT2D eigenvalue weighted by atomic mass is 79.9. The quantitative estimate of drug-likeness (QED) is 0.881. The van der Waals surface area contributed by atoms with Crippen molar-refractivity contribution in [2.45, 2.75) is 18.4 Å². The molecule has 2 aromatic rings. The van der Waals surface area contributed by atoms with Crippen molar-refractivity contribution in [3.8, 4) is 0 Å². The predicted molar refractivity (Wildman–Crippen MR) is 81.8 cm³/mol. The van der Waals surface area contributed by atoms with E-state index in [2.05, 4.69) is 25.6 Å². The average Bonchev–Trinajstić information content (AvgIpc) is 2.41. The van der Waals surface area contributed by atoms with Gasteiger partial charge < -0.3 is 5.73 Å². The van der Waals surface area contributed by atoms with Crippen molar-refractivity contribution in [1.82, 2.24) is 4.98 Å². The second-order valence-electron chi connectivity index (χ2n) is 4.24. The SMILES string of the molecule is Cc1ccc(CN)cc1S(=O)(=O)Nc1ncccc1Br. The van der Waals surface area contributed by atoms with Crippen LogP contribution in [-0.4, -0.2) is 13.4 Å². The highest BCUT2D eigenvalue weighted by Gasteiger charge is 2.19. The van der Waals surface area contributed by atoms with E-state index < -0.39 is 10.0 Å². The molecular weight excluding hydrogens is 342 g/mol. The van der Waals surface area contributed by atoms with Gasteiger partial charge in [0.15, 0.2) is 5.82 Å². The molecule has 0 aliphatic heterocycles. The van der Waals surface area contributed by atoms with E-state index >= 15 is 0 Å². The summed E-state index contributed by atoms with van der Waals surface area (Å²) in [5.74, 6) is 0.255. The van der Waals surface area contributed by atoms with Crippen LogP contribution in [0.3, 0.4) is 0 Å². The molecule has 7 heteroatoms. The molecule has 0 amide bonds. The smallest absolute Gasteiger partial charge is 0.263 e. The second kappa shape index (κ2) is 5.90. The molecule has 3 N–H and O–H groups in total. The van der Waals surface area contributed by atoms with Gasteiger partial charge in [-0.1, -0.05) is 12.1 Å². The molecule has 0 fully saturated rings. The number of aromatic nitrogens is 1. The van der Waals surface area contributed by atoms with Crippen LogP contribution < -0.4 is 10.5 Å². The molecule has 0 saturated heterocycles. The fourth-order valence-electron chi connectivity index (χ4n) is 1.70. The minimum Gasteiger partial charge on any atom is -0.326 e. The number of pyridine rings is 1. The Labute approximate surface area is 126 Å². The Bertz CT molecular complexity index is 732. The zero-order valence-corrected chi connectivity index (χ0v) is 13.2. The van der Waals surface area contributed by atoms with E-state index in [0.717, 1.165) is 5.56 Å². The Kier molecular flexibility index (Phi) is 4.42. The van der Waals surface area contributed by atoms with Crippen LogP contribution in [0.5, 0.6) is 0 Å². The third kappa shape index (κ3) is 3.17. The standard InChI is InChI=1S/C13H14BrN3O2S/c1-9-4-5-10(8-15)7-12(9)20(18,19)17-13-11(14)3-2-6-16-13/h2-7H,8,15H2,1H3,(H,16,17). The summed E-state index contributed by atoms with van der Waals surface area (Å²) in [4.78, 5) is 4.21. The van der Waals surface area contributed by atoms with Crippen molar-refractivity contribution in [2.24, 2.45) is 5.73 Å². The van der Waals surface area contributed by atoms with Gasteiger partial charge in [-0.25, -0.2) is 13.4 Å². The summed E-state index contributed by atoms with van der Waals surface area (Å²) in [7, 11) is -3.70. The zero-order valence-electron chi connectivity index (χ0n) is 10.8. The number of aryl methyl sites for hydroxylation is 1. The van der Waals surface area contributed by atoms with Crippen LogP contribution in [-0.2, 0) is 16.6 Å². The molecule has 0 unspecified atom stereocenters. The lowest BCUT2D eigenvalue weighted by Crippen LogP contribution is -2.16. The first-order valence-corrected chi connectivity index (χ1v) is 8.14. The van der Waals surface area contributed by atoms with Crippen molar-refractivity contribution >= 4 is 31.8 Å².